The maximum absolute atomic E-state index is 11.9. The topological polar surface area (TPSA) is 157 Å². The predicted molar refractivity (Wildman–Crippen MR) is 172 cm³/mol. The molecule has 0 saturated heterocycles. The van der Waals surface area contributed by atoms with Gasteiger partial charge in [-0.1, -0.05) is 54.6 Å². The van der Waals surface area contributed by atoms with E-state index in [1.807, 2.05) is 24.3 Å². The first-order chi connectivity index (χ1) is 20.5. The van der Waals surface area contributed by atoms with Gasteiger partial charge in [0.2, 0.25) is 0 Å². The van der Waals surface area contributed by atoms with Gasteiger partial charge in [0.05, 0.1) is 26.6 Å². The van der Waals surface area contributed by atoms with Gasteiger partial charge in [-0.05, 0) is 71.5 Å². The third kappa shape index (κ3) is 6.18. The van der Waals surface area contributed by atoms with Crippen LogP contribution in [0.1, 0.15) is 38.6 Å². The van der Waals surface area contributed by atoms with Crippen LogP contribution in [0, 0.1) is 5.41 Å². The van der Waals surface area contributed by atoms with Gasteiger partial charge in [0.15, 0.2) is 0 Å². The molecule has 0 aliphatic rings. The number of hydrogen-bond acceptors (Lipinski definition) is 6. The number of thiazole rings is 1. The van der Waals surface area contributed by atoms with Gasteiger partial charge in [-0.15, -0.1) is 11.3 Å². The zero-order valence-corrected chi connectivity index (χ0v) is 24.0. The summed E-state index contributed by atoms with van der Waals surface area (Å²) in [6, 6.07) is 28.5. The molecule has 42 heavy (non-hydrogen) atoms. The monoisotopic (exact) mass is 578 g/mol. The zero-order chi connectivity index (χ0) is 29.6. The normalized spacial score (nSPS) is 11.1. The predicted octanol–water partition coefficient (Wildman–Crippen LogP) is 5.82. The molecule has 0 unspecified atom stereocenters. The molecule has 8 N–H and O–H groups in total. The fourth-order valence-corrected chi connectivity index (χ4v) is 6.55. The highest BCUT2D eigenvalue weighted by Crippen LogP contribution is 2.32. The van der Waals surface area contributed by atoms with Gasteiger partial charge in [0.1, 0.15) is 0 Å². The second-order valence-corrected chi connectivity index (χ2v) is 11.3. The molecule has 0 bridgehead atoms. The van der Waals surface area contributed by atoms with Crippen LogP contribution in [-0.2, 0) is 32.2 Å². The number of hydrazine groups is 1. The lowest BCUT2D eigenvalue weighted by Crippen LogP contribution is -2.15. The number of nitrogens with zero attached hydrogens (tertiary/aromatic N) is 2. The minimum absolute atomic E-state index is 0.138. The van der Waals surface area contributed by atoms with Crippen LogP contribution in [0.4, 0.5) is 0 Å². The van der Waals surface area contributed by atoms with Crippen molar-refractivity contribution in [1.29, 1.82) is 5.41 Å². The van der Waals surface area contributed by atoms with Crippen molar-refractivity contribution in [3.8, 4) is 0 Å². The van der Waals surface area contributed by atoms with Gasteiger partial charge >= 0.3 is 5.97 Å². The molecule has 8 nitrogen and oxygen atoms in total. The molecule has 2 aromatic heterocycles. The van der Waals surface area contributed by atoms with Crippen molar-refractivity contribution in [3.05, 3.63) is 112 Å². The van der Waals surface area contributed by atoms with Crippen LogP contribution in [-0.4, -0.2) is 26.5 Å². The smallest absolute Gasteiger partial charge is 0.335 e. The van der Waals surface area contributed by atoms with Crippen molar-refractivity contribution in [2.45, 2.75) is 38.6 Å². The summed E-state index contributed by atoms with van der Waals surface area (Å²) < 4.78 is 3.42. The van der Waals surface area contributed by atoms with Crippen molar-refractivity contribution in [2.75, 3.05) is 0 Å². The molecular formula is C33H34N6O2S. The highest BCUT2D eigenvalue weighted by atomic mass is 32.1. The van der Waals surface area contributed by atoms with Gasteiger partial charge in [-0.3, -0.25) is 17.1 Å². The van der Waals surface area contributed by atoms with E-state index in [1.165, 1.54) is 26.7 Å². The number of carbonyl (C=O) groups is 1. The van der Waals surface area contributed by atoms with Crippen molar-refractivity contribution in [1.82, 2.24) is 9.55 Å². The first-order valence-electron chi connectivity index (χ1n) is 13.8. The highest BCUT2D eigenvalue weighted by molar-refractivity contribution is 7.18. The summed E-state index contributed by atoms with van der Waals surface area (Å²) in [5, 5.41) is 22.1. The molecule has 2 heterocycles. The van der Waals surface area contributed by atoms with Crippen molar-refractivity contribution < 1.29 is 9.90 Å². The van der Waals surface area contributed by atoms with E-state index in [2.05, 4.69) is 64.8 Å². The summed E-state index contributed by atoms with van der Waals surface area (Å²) >= 11 is 1.72. The second kappa shape index (κ2) is 12.9. The Labute approximate surface area is 247 Å². The lowest BCUT2D eigenvalue weighted by Gasteiger charge is -2.12. The van der Waals surface area contributed by atoms with Gasteiger partial charge < -0.3 is 15.4 Å². The number of carboxylic acids is 1. The minimum Gasteiger partial charge on any atom is -0.478 e. The molecule has 4 aromatic carbocycles. The van der Waals surface area contributed by atoms with E-state index in [4.69, 9.17) is 16.1 Å². The number of para-hydroxylation sites is 1. The molecule has 0 fully saturated rings. The van der Waals surface area contributed by atoms with Crippen LogP contribution in [0.2, 0.25) is 0 Å². The van der Waals surface area contributed by atoms with Crippen LogP contribution >= 0.6 is 11.3 Å². The summed E-state index contributed by atoms with van der Waals surface area (Å²) in [7, 11) is 0. The lowest BCUT2D eigenvalue weighted by molar-refractivity contribution is 0.0697. The van der Waals surface area contributed by atoms with E-state index >= 15 is 0 Å². The molecular weight excluding hydrogens is 544 g/mol. The Morgan fingerprint density at radius 3 is 2.40 bits per heavy atom. The average molecular weight is 579 g/mol. The molecule has 6 aromatic rings. The number of nitrogens with two attached hydrogens (primary N) is 3. The standard InChI is InChI=1S/C33H30N4O2S.H4N2/c34-31(35)17-18-37-28(15-16-32-36-27-7-3-4-8-30(27)40-32)25(26-20-24(33(38)39)12-14-29(26)37)13-10-21-9-11-22-5-1-2-6-23(22)19-21;1-2/h1-9,11-12,14,19-20H,10,13,15-18H2,(H3,34,35)(H,38,39);1-2H2. The van der Waals surface area contributed by atoms with Crippen LogP contribution < -0.4 is 17.4 Å². The SMILES string of the molecule is N=C(N)CCn1c(CCc2nc3ccccc3s2)c(CCc2ccc3ccccc3c2)c2cc(C(=O)O)ccc21.NN. The highest BCUT2D eigenvalue weighted by Gasteiger charge is 2.20. The quantitative estimate of drug-likeness (QED) is 0.0597. The molecule has 0 atom stereocenters. The number of rotatable bonds is 10. The number of fused-ring (bicyclic) bond motifs is 3. The minimum atomic E-state index is -0.935. The van der Waals surface area contributed by atoms with Crippen molar-refractivity contribution in [3.63, 3.8) is 0 Å². The van der Waals surface area contributed by atoms with Crippen LogP contribution in [0.5, 0.6) is 0 Å². The molecule has 0 radical (unpaired) electrons. The Morgan fingerprint density at radius 1 is 0.881 bits per heavy atom. The van der Waals surface area contributed by atoms with Gasteiger partial charge in [-0.2, -0.15) is 0 Å². The third-order valence-electron chi connectivity index (χ3n) is 7.53. The molecule has 9 heteroatoms. The van der Waals surface area contributed by atoms with E-state index in [0.29, 0.717) is 13.0 Å². The lowest BCUT2D eigenvalue weighted by atomic mass is 9.97. The largest absolute Gasteiger partial charge is 0.478 e. The van der Waals surface area contributed by atoms with Crippen molar-refractivity contribution >= 4 is 55.0 Å². The van der Waals surface area contributed by atoms with E-state index < -0.39 is 5.97 Å². The Balaban J connectivity index is 0.00000173. The van der Waals surface area contributed by atoms with Gasteiger partial charge in [-0.25, -0.2) is 9.78 Å². The Hall–Kier alpha value is -4.57. The fourth-order valence-electron chi connectivity index (χ4n) is 5.58. The second-order valence-electron chi connectivity index (χ2n) is 10.1. The van der Waals surface area contributed by atoms with Gasteiger partial charge in [0, 0.05) is 36.0 Å². The Morgan fingerprint density at radius 2 is 1.64 bits per heavy atom. The first-order valence-corrected chi connectivity index (χ1v) is 14.6. The van der Waals surface area contributed by atoms with E-state index in [-0.39, 0.29) is 11.4 Å². The number of aromatic carboxylic acids is 1. The third-order valence-corrected chi connectivity index (χ3v) is 8.63. The Kier molecular flexibility index (Phi) is 8.92. The summed E-state index contributed by atoms with van der Waals surface area (Å²) in [5.74, 6) is 7.20. The number of aromatic nitrogens is 2. The molecule has 0 spiro atoms. The van der Waals surface area contributed by atoms with Crippen LogP contribution in [0.25, 0.3) is 31.9 Å². The number of nitrogens with one attached hydrogen (secondary N) is 1. The maximum atomic E-state index is 11.9. The molecule has 0 aliphatic carbocycles. The number of carboxylic acid groups (broad SMARTS) is 1. The molecule has 214 valence electrons. The summed E-state index contributed by atoms with van der Waals surface area (Å²) in [4.78, 5) is 16.8. The summed E-state index contributed by atoms with van der Waals surface area (Å²) in [5.41, 5.74) is 11.6. The van der Waals surface area contributed by atoms with E-state index in [0.717, 1.165) is 52.7 Å². The number of hydrogen-bond donors (Lipinski definition) is 5. The van der Waals surface area contributed by atoms with Crippen LogP contribution in [0.3, 0.4) is 0 Å². The molecule has 0 saturated carbocycles. The van der Waals surface area contributed by atoms with Crippen molar-refractivity contribution in [2.24, 2.45) is 17.4 Å². The molecule has 0 aliphatic heterocycles. The van der Waals surface area contributed by atoms with Crippen LogP contribution in [0.15, 0.2) is 84.9 Å². The molecule has 6 rings (SSSR count). The maximum Gasteiger partial charge on any atom is 0.335 e. The number of aryl methyl sites for hydroxylation is 4. The zero-order valence-electron chi connectivity index (χ0n) is 23.2. The fraction of sp³-hybridized carbons (Fsp3) is 0.182. The summed E-state index contributed by atoms with van der Waals surface area (Å²) in [6.45, 7) is 0.573. The Bertz CT molecular complexity index is 1860. The first kappa shape index (κ1) is 28.9. The average Bonchev–Trinajstić information content (AvgIpc) is 3.56. The van der Waals surface area contributed by atoms with Gasteiger partial charge in [0.25, 0.3) is 0 Å². The van der Waals surface area contributed by atoms with E-state index in [9.17, 15) is 9.90 Å². The number of benzene rings is 4. The number of amidine groups is 1. The summed E-state index contributed by atoms with van der Waals surface area (Å²) in [6.07, 6.45) is 3.59. The molecule has 0 amide bonds. The van der Waals surface area contributed by atoms with E-state index in [1.54, 1.807) is 23.5 Å².